The van der Waals surface area contributed by atoms with Crippen molar-refractivity contribution in [1.29, 1.82) is 0 Å². The summed E-state index contributed by atoms with van der Waals surface area (Å²) in [4.78, 5) is 11.5. The van der Waals surface area contributed by atoms with E-state index in [1.807, 2.05) is 0 Å². The van der Waals surface area contributed by atoms with E-state index in [4.69, 9.17) is 23.2 Å². The molecule has 0 saturated heterocycles. The number of hydrogen-bond acceptors (Lipinski definition) is 2. The van der Waals surface area contributed by atoms with Gasteiger partial charge in [0.15, 0.2) is 0 Å². The molecule has 0 bridgehead atoms. The first-order chi connectivity index (χ1) is 6.68. The minimum Gasteiger partial charge on any atom is -0.381 e. The average Bonchev–Trinajstić information content (AvgIpc) is 2.29. The molecule has 0 saturated carbocycles. The molecule has 1 aliphatic rings. The SMILES string of the molecule is O=C1NCCNc2c(Cl)cc(Cl)cc21. The molecule has 1 aliphatic heterocycles. The van der Waals surface area contributed by atoms with Crippen LogP contribution in [-0.4, -0.2) is 19.0 Å². The van der Waals surface area contributed by atoms with Crippen LogP contribution in [0, 0.1) is 0 Å². The lowest BCUT2D eigenvalue weighted by molar-refractivity contribution is 0.0958. The minimum atomic E-state index is -0.144. The maximum atomic E-state index is 11.5. The Bertz CT molecular complexity index is 393. The maximum Gasteiger partial charge on any atom is 0.253 e. The monoisotopic (exact) mass is 230 g/mol. The van der Waals surface area contributed by atoms with Crippen molar-refractivity contribution in [3.8, 4) is 0 Å². The van der Waals surface area contributed by atoms with Crippen LogP contribution in [0.25, 0.3) is 0 Å². The number of halogens is 2. The van der Waals surface area contributed by atoms with Gasteiger partial charge in [0, 0.05) is 18.1 Å². The quantitative estimate of drug-likeness (QED) is 0.718. The summed E-state index contributed by atoms with van der Waals surface area (Å²) in [6.45, 7) is 1.25. The molecule has 0 aromatic heterocycles. The van der Waals surface area contributed by atoms with Gasteiger partial charge in [0.1, 0.15) is 0 Å². The second-order valence-corrected chi connectivity index (χ2v) is 3.84. The van der Waals surface area contributed by atoms with Crippen LogP contribution in [-0.2, 0) is 0 Å². The molecule has 14 heavy (non-hydrogen) atoms. The summed E-state index contributed by atoms with van der Waals surface area (Å²) >= 11 is 11.8. The van der Waals surface area contributed by atoms with E-state index in [0.717, 1.165) is 0 Å². The van der Waals surface area contributed by atoms with Crippen molar-refractivity contribution in [2.45, 2.75) is 0 Å². The fourth-order valence-corrected chi connectivity index (χ4v) is 1.95. The smallest absolute Gasteiger partial charge is 0.253 e. The fraction of sp³-hybridized carbons (Fsp3) is 0.222. The van der Waals surface area contributed by atoms with E-state index in [1.165, 1.54) is 0 Å². The van der Waals surface area contributed by atoms with Crippen LogP contribution >= 0.6 is 23.2 Å². The van der Waals surface area contributed by atoms with Crippen molar-refractivity contribution in [1.82, 2.24) is 5.32 Å². The number of nitrogens with one attached hydrogen (secondary N) is 2. The standard InChI is InChI=1S/C9H8Cl2N2O/c10-5-3-6-8(7(11)4-5)12-1-2-13-9(6)14/h3-4,12H,1-2H2,(H,13,14). The van der Waals surface area contributed by atoms with Crippen molar-refractivity contribution in [2.24, 2.45) is 0 Å². The summed E-state index contributed by atoms with van der Waals surface area (Å²) in [6, 6.07) is 3.23. The lowest BCUT2D eigenvalue weighted by Crippen LogP contribution is -2.24. The van der Waals surface area contributed by atoms with Crippen molar-refractivity contribution in [3.63, 3.8) is 0 Å². The molecule has 2 rings (SSSR count). The Labute approximate surface area is 91.4 Å². The second-order valence-electron chi connectivity index (χ2n) is 2.99. The van der Waals surface area contributed by atoms with Gasteiger partial charge in [-0.1, -0.05) is 23.2 Å². The van der Waals surface area contributed by atoms with Gasteiger partial charge in [-0.15, -0.1) is 0 Å². The summed E-state index contributed by atoms with van der Waals surface area (Å²) in [6.07, 6.45) is 0. The zero-order valence-electron chi connectivity index (χ0n) is 7.23. The van der Waals surface area contributed by atoms with Gasteiger partial charge in [-0.05, 0) is 12.1 Å². The van der Waals surface area contributed by atoms with E-state index >= 15 is 0 Å². The zero-order chi connectivity index (χ0) is 10.1. The van der Waals surface area contributed by atoms with E-state index in [1.54, 1.807) is 12.1 Å². The number of rotatable bonds is 0. The molecule has 1 amide bonds. The van der Waals surface area contributed by atoms with Crippen LogP contribution in [0.15, 0.2) is 12.1 Å². The van der Waals surface area contributed by atoms with Gasteiger partial charge >= 0.3 is 0 Å². The Hall–Kier alpha value is -0.930. The molecule has 3 nitrogen and oxygen atoms in total. The first-order valence-corrected chi connectivity index (χ1v) is 4.95. The Kier molecular flexibility index (Phi) is 2.52. The normalized spacial score (nSPS) is 15.1. The Morgan fingerprint density at radius 2 is 1.86 bits per heavy atom. The molecular formula is C9H8Cl2N2O. The lowest BCUT2D eigenvalue weighted by atomic mass is 10.1. The van der Waals surface area contributed by atoms with Gasteiger partial charge in [0.25, 0.3) is 5.91 Å². The molecule has 1 heterocycles. The zero-order valence-corrected chi connectivity index (χ0v) is 8.74. The van der Waals surface area contributed by atoms with E-state index in [2.05, 4.69) is 10.6 Å². The van der Waals surface area contributed by atoms with Crippen molar-refractivity contribution in [2.75, 3.05) is 18.4 Å². The highest BCUT2D eigenvalue weighted by Gasteiger charge is 2.17. The highest BCUT2D eigenvalue weighted by molar-refractivity contribution is 6.37. The molecule has 0 atom stereocenters. The third-order valence-corrected chi connectivity index (χ3v) is 2.53. The molecule has 5 heteroatoms. The predicted octanol–water partition coefficient (Wildman–Crippen LogP) is 2.15. The molecular weight excluding hydrogens is 223 g/mol. The van der Waals surface area contributed by atoms with Gasteiger partial charge < -0.3 is 10.6 Å². The highest BCUT2D eigenvalue weighted by atomic mass is 35.5. The fourth-order valence-electron chi connectivity index (χ4n) is 1.39. The topological polar surface area (TPSA) is 41.1 Å². The average molecular weight is 231 g/mol. The number of fused-ring (bicyclic) bond motifs is 1. The van der Waals surface area contributed by atoms with E-state index in [-0.39, 0.29) is 5.91 Å². The molecule has 0 spiro atoms. The number of benzene rings is 1. The molecule has 2 N–H and O–H groups in total. The molecule has 0 fully saturated rings. The third kappa shape index (κ3) is 1.65. The number of amides is 1. The first kappa shape index (κ1) is 9.62. The van der Waals surface area contributed by atoms with E-state index in [0.29, 0.717) is 34.4 Å². The molecule has 1 aromatic rings. The predicted molar refractivity (Wildman–Crippen MR) is 57.3 cm³/mol. The van der Waals surface area contributed by atoms with Crippen LogP contribution < -0.4 is 10.6 Å². The lowest BCUT2D eigenvalue weighted by Gasteiger charge is -2.08. The summed E-state index contributed by atoms with van der Waals surface area (Å²) in [7, 11) is 0. The van der Waals surface area contributed by atoms with Crippen LogP contribution in [0.5, 0.6) is 0 Å². The van der Waals surface area contributed by atoms with Crippen LogP contribution in [0.2, 0.25) is 10.0 Å². The number of carbonyl (C=O) groups excluding carboxylic acids is 1. The van der Waals surface area contributed by atoms with Crippen LogP contribution in [0.3, 0.4) is 0 Å². The largest absolute Gasteiger partial charge is 0.381 e. The van der Waals surface area contributed by atoms with Crippen LogP contribution in [0.4, 0.5) is 5.69 Å². The van der Waals surface area contributed by atoms with Gasteiger partial charge in [-0.25, -0.2) is 0 Å². The van der Waals surface area contributed by atoms with Crippen molar-refractivity contribution < 1.29 is 4.79 Å². The molecule has 0 unspecified atom stereocenters. The summed E-state index contributed by atoms with van der Waals surface area (Å²) < 4.78 is 0. The summed E-state index contributed by atoms with van der Waals surface area (Å²) in [5.74, 6) is -0.144. The minimum absolute atomic E-state index is 0.144. The number of hydrogen-bond donors (Lipinski definition) is 2. The van der Waals surface area contributed by atoms with Gasteiger partial charge in [-0.2, -0.15) is 0 Å². The van der Waals surface area contributed by atoms with Gasteiger partial charge in [-0.3, -0.25) is 4.79 Å². The molecule has 0 radical (unpaired) electrons. The first-order valence-electron chi connectivity index (χ1n) is 4.19. The summed E-state index contributed by atoms with van der Waals surface area (Å²) in [5.41, 5.74) is 1.16. The van der Waals surface area contributed by atoms with Crippen molar-refractivity contribution in [3.05, 3.63) is 27.7 Å². The maximum absolute atomic E-state index is 11.5. The van der Waals surface area contributed by atoms with Gasteiger partial charge in [0.2, 0.25) is 0 Å². The summed E-state index contributed by atoms with van der Waals surface area (Å²) in [5, 5.41) is 6.76. The second kappa shape index (κ2) is 3.67. The van der Waals surface area contributed by atoms with E-state index < -0.39 is 0 Å². The number of carbonyl (C=O) groups is 1. The number of anilines is 1. The molecule has 1 aromatic carbocycles. The molecule has 0 aliphatic carbocycles. The Morgan fingerprint density at radius 1 is 1.14 bits per heavy atom. The third-order valence-electron chi connectivity index (χ3n) is 2.01. The van der Waals surface area contributed by atoms with Gasteiger partial charge in [0.05, 0.1) is 16.3 Å². The van der Waals surface area contributed by atoms with E-state index in [9.17, 15) is 4.79 Å². The highest BCUT2D eigenvalue weighted by Crippen LogP contribution is 2.30. The molecule has 74 valence electrons. The van der Waals surface area contributed by atoms with Crippen molar-refractivity contribution >= 4 is 34.8 Å². The Morgan fingerprint density at radius 3 is 2.64 bits per heavy atom. The Balaban J connectivity index is 2.58. The van der Waals surface area contributed by atoms with Crippen LogP contribution in [0.1, 0.15) is 10.4 Å².